The quantitative estimate of drug-likeness (QED) is 0.867. The van der Waals surface area contributed by atoms with Gasteiger partial charge in [0.05, 0.1) is 10.6 Å². The van der Waals surface area contributed by atoms with Gasteiger partial charge >= 0.3 is 0 Å². The molecule has 1 aliphatic carbocycles. The number of benzene rings is 2. The minimum Gasteiger partial charge on any atom is -0.322 e. The summed E-state index contributed by atoms with van der Waals surface area (Å²) >= 11 is 5.95. The van der Waals surface area contributed by atoms with Gasteiger partial charge in [-0.2, -0.15) is 0 Å². The molecule has 1 N–H and O–H groups in total. The van der Waals surface area contributed by atoms with Crippen molar-refractivity contribution in [3.63, 3.8) is 0 Å². The third-order valence-electron chi connectivity index (χ3n) is 4.84. The number of anilines is 2. The van der Waals surface area contributed by atoms with Crippen molar-refractivity contribution >= 4 is 34.8 Å². The van der Waals surface area contributed by atoms with E-state index in [1.165, 1.54) is 18.2 Å². The van der Waals surface area contributed by atoms with E-state index < -0.39 is 11.7 Å². The summed E-state index contributed by atoms with van der Waals surface area (Å²) in [5.41, 5.74) is 2.32. The van der Waals surface area contributed by atoms with E-state index in [1.54, 1.807) is 6.07 Å². The lowest BCUT2D eigenvalue weighted by Gasteiger charge is -2.30. The molecule has 26 heavy (non-hydrogen) atoms. The number of hydrogen-bond acceptors (Lipinski definition) is 2. The van der Waals surface area contributed by atoms with Gasteiger partial charge in [-0.3, -0.25) is 9.59 Å². The van der Waals surface area contributed by atoms with Gasteiger partial charge in [-0.05, 0) is 61.6 Å². The van der Waals surface area contributed by atoms with Gasteiger partial charge in [0.25, 0.3) is 5.91 Å². The fourth-order valence-corrected chi connectivity index (χ4v) is 3.61. The Kier molecular flexibility index (Phi) is 4.41. The third-order valence-corrected chi connectivity index (χ3v) is 5.15. The van der Waals surface area contributed by atoms with Crippen LogP contribution in [0.15, 0.2) is 36.4 Å². The van der Waals surface area contributed by atoms with Crippen LogP contribution in [0.25, 0.3) is 0 Å². The van der Waals surface area contributed by atoms with Crippen LogP contribution in [0, 0.1) is 11.7 Å². The summed E-state index contributed by atoms with van der Waals surface area (Å²) in [4.78, 5) is 26.7. The van der Waals surface area contributed by atoms with Crippen molar-refractivity contribution in [3.05, 3.63) is 58.4 Å². The topological polar surface area (TPSA) is 49.4 Å². The number of aryl methyl sites for hydroxylation is 1. The highest BCUT2D eigenvalue weighted by atomic mass is 35.5. The van der Waals surface area contributed by atoms with Gasteiger partial charge < -0.3 is 10.2 Å². The van der Waals surface area contributed by atoms with Crippen LogP contribution in [-0.2, 0) is 11.2 Å². The number of hydrogen-bond donors (Lipinski definition) is 1. The second-order valence-corrected chi connectivity index (χ2v) is 7.17. The molecule has 0 saturated heterocycles. The molecule has 6 heteroatoms. The van der Waals surface area contributed by atoms with E-state index in [4.69, 9.17) is 11.6 Å². The Morgan fingerprint density at radius 2 is 2.00 bits per heavy atom. The lowest BCUT2D eigenvalue weighted by Crippen LogP contribution is -2.36. The van der Waals surface area contributed by atoms with Gasteiger partial charge in [-0.15, -0.1) is 0 Å². The number of carbonyl (C=O) groups is 2. The molecule has 2 amide bonds. The zero-order chi connectivity index (χ0) is 18.3. The van der Waals surface area contributed by atoms with Gasteiger partial charge in [0, 0.05) is 23.8 Å². The van der Waals surface area contributed by atoms with E-state index in [-0.39, 0.29) is 22.4 Å². The zero-order valence-electron chi connectivity index (χ0n) is 14.1. The van der Waals surface area contributed by atoms with Crippen molar-refractivity contribution in [1.29, 1.82) is 0 Å². The first-order valence-electron chi connectivity index (χ1n) is 8.74. The molecule has 2 aliphatic rings. The van der Waals surface area contributed by atoms with Crippen molar-refractivity contribution in [3.8, 4) is 0 Å². The van der Waals surface area contributed by atoms with Crippen molar-refractivity contribution in [2.45, 2.75) is 25.7 Å². The molecular formula is C20H18ClFN2O2. The maximum atomic E-state index is 13.9. The Hall–Kier alpha value is -2.40. The van der Waals surface area contributed by atoms with Crippen LogP contribution in [-0.4, -0.2) is 18.4 Å². The highest BCUT2D eigenvalue weighted by molar-refractivity contribution is 6.34. The highest BCUT2D eigenvalue weighted by Crippen LogP contribution is 2.36. The van der Waals surface area contributed by atoms with Gasteiger partial charge in [0.2, 0.25) is 5.91 Å². The Balaban J connectivity index is 1.57. The summed E-state index contributed by atoms with van der Waals surface area (Å²) in [5, 5.41) is 2.77. The summed E-state index contributed by atoms with van der Waals surface area (Å²) in [6, 6.07) is 9.59. The molecule has 1 heterocycles. The molecule has 1 aliphatic heterocycles. The second kappa shape index (κ2) is 6.72. The molecule has 0 bridgehead atoms. The van der Waals surface area contributed by atoms with Crippen LogP contribution in [0.2, 0.25) is 5.02 Å². The average molecular weight is 373 g/mol. The normalized spacial score (nSPS) is 16.2. The predicted molar refractivity (Wildman–Crippen MR) is 99.2 cm³/mol. The first-order valence-corrected chi connectivity index (χ1v) is 9.12. The van der Waals surface area contributed by atoms with E-state index >= 15 is 0 Å². The van der Waals surface area contributed by atoms with Crippen molar-refractivity contribution in [2.24, 2.45) is 5.92 Å². The van der Waals surface area contributed by atoms with Crippen LogP contribution in [0.3, 0.4) is 0 Å². The number of nitrogens with zero attached hydrogens (tertiary/aromatic N) is 1. The van der Waals surface area contributed by atoms with Crippen molar-refractivity contribution < 1.29 is 14.0 Å². The largest absolute Gasteiger partial charge is 0.322 e. The number of amides is 2. The summed E-state index contributed by atoms with van der Waals surface area (Å²) in [7, 11) is 0. The molecule has 0 spiro atoms. The monoisotopic (exact) mass is 372 g/mol. The highest BCUT2D eigenvalue weighted by Gasteiger charge is 2.35. The molecule has 134 valence electrons. The summed E-state index contributed by atoms with van der Waals surface area (Å²) in [6.45, 7) is 0.735. The molecule has 4 nitrogen and oxygen atoms in total. The van der Waals surface area contributed by atoms with Crippen molar-refractivity contribution in [2.75, 3.05) is 16.8 Å². The number of fused-ring (bicyclic) bond motifs is 1. The maximum absolute atomic E-state index is 13.9. The molecule has 0 aromatic heterocycles. The lowest BCUT2D eigenvalue weighted by atomic mass is 10.00. The minimum absolute atomic E-state index is 0.0710. The fraction of sp³-hybridized carbons (Fsp3) is 0.300. The first kappa shape index (κ1) is 17.0. The van der Waals surface area contributed by atoms with Crippen LogP contribution >= 0.6 is 11.6 Å². The minimum atomic E-state index is -0.658. The predicted octanol–water partition coefficient (Wildman–Crippen LogP) is 4.42. The number of rotatable bonds is 3. The molecule has 0 unspecified atom stereocenters. The van der Waals surface area contributed by atoms with E-state index in [0.717, 1.165) is 43.5 Å². The first-order chi connectivity index (χ1) is 12.5. The van der Waals surface area contributed by atoms with Crippen LogP contribution < -0.4 is 10.2 Å². The molecule has 0 atom stereocenters. The van der Waals surface area contributed by atoms with E-state index in [1.807, 2.05) is 17.0 Å². The van der Waals surface area contributed by atoms with Crippen LogP contribution in [0.1, 0.15) is 35.2 Å². The molecule has 2 aromatic rings. The Bertz CT molecular complexity index is 875. The average Bonchev–Trinajstić information content (AvgIpc) is 3.45. The number of halogens is 2. The fourth-order valence-electron chi connectivity index (χ4n) is 3.36. The lowest BCUT2D eigenvalue weighted by molar-refractivity contribution is -0.119. The van der Waals surface area contributed by atoms with Crippen molar-refractivity contribution in [1.82, 2.24) is 0 Å². The summed E-state index contributed by atoms with van der Waals surface area (Å²) < 4.78 is 13.9. The van der Waals surface area contributed by atoms with E-state index in [0.29, 0.717) is 5.69 Å². The van der Waals surface area contributed by atoms with Gasteiger partial charge in [0.15, 0.2) is 0 Å². The van der Waals surface area contributed by atoms with E-state index in [2.05, 4.69) is 5.32 Å². The smallest absolute Gasteiger partial charge is 0.260 e. The van der Waals surface area contributed by atoms with Gasteiger partial charge in [-0.25, -0.2) is 4.39 Å². The molecule has 1 saturated carbocycles. The van der Waals surface area contributed by atoms with Crippen LogP contribution in [0.5, 0.6) is 0 Å². The second-order valence-electron chi connectivity index (χ2n) is 6.76. The Morgan fingerprint density at radius 1 is 1.19 bits per heavy atom. The summed E-state index contributed by atoms with van der Waals surface area (Å²) in [5.74, 6) is -0.881. The molecule has 0 radical (unpaired) electrons. The van der Waals surface area contributed by atoms with E-state index in [9.17, 15) is 14.0 Å². The number of carbonyl (C=O) groups excluding carboxylic acids is 2. The Morgan fingerprint density at radius 3 is 2.73 bits per heavy atom. The summed E-state index contributed by atoms with van der Waals surface area (Å²) in [6.07, 6.45) is 3.68. The van der Waals surface area contributed by atoms with Crippen LogP contribution in [0.4, 0.5) is 15.8 Å². The molecule has 2 aromatic carbocycles. The molecule has 1 fully saturated rings. The maximum Gasteiger partial charge on any atom is 0.260 e. The SMILES string of the molecule is O=C(Nc1ccc2c(c1)CCCN2C(=O)C1CC1)c1c(F)cccc1Cl. The number of nitrogens with one attached hydrogen (secondary N) is 1. The van der Waals surface area contributed by atoms with Gasteiger partial charge in [-0.1, -0.05) is 17.7 Å². The Labute approximate surface area is 155 Å². The zero-order valence-corrected chi connectivity index (χ0v) is 14.9. The standard InChI is InChI=1S/C20H18ClFN2O2/c21-15-4-1-5-16(22)18(15)19(25)23-14-8-9-17-13(11-14)3-2-10-24(17)20(26)12-6-7-12/h1,4-5,8-9,11-12H,2-3,6-7,10H2,(H,23,25). The molecule has 4 rings (SSSR count). The van der Waals surface area contributed by atoms with Gasteiger partial charge in [0.1, 0.15) is 5.82 Å². The molecular weight excluding hydrogens is 355 g/mol. The third kappa shape index (κ3) is 3.19.